The zero-order valence-electron chi connectivity index (χ0n) is 14.1. The van der Waals surface area contributed by atoms with Gasteiger partial charge in [-0.05, 0) is 0 Å². The predicted molar refractivity (Wildman–Crippen MR) is 81.1 cm³/mol. The van der Waals surface area contributed by atoms with E-state index in [0.29, 0.717) is 0 Å². The summed E-state index contributed by atoms with van der Waals surface area (Å²) in [4.78, 5) is 44.2. The van der Waals surface area contributed by atoms with E-state index < -0.39 is 44.3 Å². The number of carbonyl (C=O) groups is 3. The number of amides is 1. The first-order valence-electron chi connectivity index (χ1n) is 7.17. The fourth-order valence-corrected chi connectivity index (χ4v) is 3.28. The molecule has 0 bridgehead atoms. The maximum Gasteiger partial charge on any atom is 0.576 e. The van der Waals surface area contributed by atoms with Crippen molar-refractivity contribution in [1.29, 1.82) is 0 Å². The fraction of sp³-hybridized carbons (Fsp3) is 0.769. The molecule has 24 heavy (non-hydrogen) atoms. The van der Waals surface area contributed by atoms with Crippen LogP contribution >= 0.6 is 8.17 Å². The zero-order chi connectivity index (χ0) is 18.4. The summed E-state index contributed by atoms with van der Waals surface area (Å²) in [5.74, 6) is -1.59. The molecule has 1 heterocycles. The van der Waals surface area contributed by atoms with Crippen LogP contribution in [0.5, 0.6) is 0 Å². The van der Waals surface area contributed by atoms with Crippen molar-refractivity contribution in [3.8, 4) is 0 Å². The van der Waals surface area contributed by atoms with Gasteiger partial charge in [0.05, 0.1) is 13.5 Å². The SMILES string of the molecule is COC(=O)CCNC(=O)[C@@H]1O[P+](O)(OCOC(C)=O)OCC1(C)C. The lowest BCUT2D eigenvalue weighted by Gasteiger charge is -2.36. The first-order valence-corrected chi connectivity index (χ1v) is 8.66. The molecule has 0 saturated carbocycles. The number of rotatable bonds is 7. The van der Waals surface area contributed by atoms with Crippen LogP contribution in [0, 0.1) is 5.41 Å². The molecule has 1 fully saturated rings. The van der Waals surface area contributed by atoms with Crippen LogP contribution in [-0.4, -0.2) is 55.9 Å². The van der Waals surface area contributed by atoms with Gasteiger partial charge < -0.3 is 14.8 Å². The Morgan fingerprint density at radius 1 is 1.38 bits per heavy atom. The molecule has 0 spiro atoms. The second kappa shape index (κ2) is 8.68. The average molecular weight is 368 g/mol. The van der Waals surface area contributed by atoms with Gasteiger partial charge in [-0.25, -0.2) is 0 Å². The molecule has 0 aromatic carbocycles. The molecule has 11 heteroatoms. The van der Waals surface area contributed by atoms with Gasteiger partial charge in [0.25, 0.3) is 5.91 Å². The zero-order valence-corrected chi connectivity index (χ0v) is 15.0. The average Bonchev–Trinajstić information content (AvgIpc) is 2.49. The lowest BCUT2D eigenvalue weighted by Crippen LogP contribution is -2.50. The van der Waals surface area contributed by atoms with Gasteiger partial charge in [0.2, 0.25) is 6.79 Å². The van der Waals surface area contributed by atoms with Gasteiger partial charge in [0.15, 0.2) is 6.10 Å². The van der Waals surface area contributed by atoms with Gasteiger partial charge >= 0.3 is 20.1 Å². The molecule has 1 aliphatic heterocycles. The normalized spacial score (nSPS) is 25.6. The van der Waals surface area contributed by atoms with Crippen molar-refractivity contribution in [2.45, 2.75) is 33.3 Å². The van der Waals surface area contributed by atoms with Crippen molar-refractivity contribution >= 4 is 26.0 Å². The van der Waals surface area contributed by atoms with E-state index in [2.05, 4.69) is 14.8 Å². The van der Waals surface area contributed by atoms with Gasteiger partial charge in [0.1, 0.15) is 6.61 Å². The number of methoxy groups -OCH3 is 1. The summed E-state index contributed by atoms with van der Waals surface area (Å²) in [6, 6.07) is 0. The van der Waals surface area contributed by atoms with E-state index in [9.17, 15) is 19.3 Å². The summed E-state index contributed by atoms with van der Waals surface area (Å²) in [6.45, 7) is 4.10. The minimum absolute atomic E-state index is 0.00750. The largest absolute Gasteiger partial charge is 0.576 e. The van der Waals surface area contributed by atoms with Crippen LogP contribution in [0.4, 0.5) is 0 Å². The smallest absolute Gasteiger partial charge is 0.469 e. The molecule has 1 saturated heterocycles. The minimum atomic E-state index is -3.80. The first-order chi connectivity index (χ1) is 11.1. The van der Waals surface area contributed by atoms with Crippen molar-refractivity contribution in [1.82, 2.24) is 5.32 Å². The van der Waals surface area contributed by atoms with E-state index >= 15 is 0 Å². The van der Waals surface area contributed by atoms with Crippen LogP contribution < -0.4 is 5.32 Å². The second-order valence-corrected chi connectivity index (χ2v) is 7.38. The number of carbonyl (C=O) groups excluding carboxylic acids is 3. The molecule has 10 nitrogen and oxygen atoms in total. The number of hydrogen-bond donors (Lipinski definition) is 2. The highest BCUT2D eigenvalue weighted by molar-refractivity contribution is 7.55. The molecule has 1 aliphatic rings. The first kappa shape index (κ1) is 20.7. The van der Waals surface area contributed by atoms with E-state index in [1.165, 1.54) is 14.0 Å². The number of esters is 2. The molecule has 138 valence electrons. The van der Waals surface area contributed by atoms with Crippen LogP contribution in [-0.2, 0) is 37.4 Å². The van der Waals surface area contributed by atoms with Crippen molar-refractivity contribution in [3.63, 3.8) is 0 Å². The van der Waals surface area contributed by atoms with Crippen LogP contribution in [0.2, 0.25) is 0 Å². The van der Waals surface area contributed by atoms with Crippen LogP contribution in [0.25, 0.3) is 0 Å². The maximum absolute atomic E-state index is 12.3. The summed E-state index contributed by atoms with van der Waals surface area (Å²) in [7, 11) is -2.55. The second-order valence-electron chi connectivity index (χ2n) is 5.72. The molecule has 2 N–H and O–H groups in total. The number of hydrogen-bond acceptors (Lipinski definition) is 9. The standard InChI is InChI=1S/C13H22NO9P/c1-9(15)20-8-22-24(18)21-7-13(2,3)11(23-24)12(17)14-6-5-10(16)19-4/h11,18H,5-8H2,1-4H3/p+1/t11-,24?/m0/s1. The van der Waals surface area contributed by atoms with E-state index in [-0.39, 0.29) is 19.6 Å². The van der Waals surface area contributed by atoms with Crippen molar-refractivity contribution in [2.75, 3.05) is 27.1 Å². The van der Waals surface area contributed by atoms with E-state index in [4.69, 9.17) is 13.6 Å². The molecular weight excluding hydrogens is 345 g/mol. The van der Waals surface area contributed by atoms with Gasteiger partial charge in [0, 0.05) is 18.9 Å². The van der Waals surface area contributed by atoms with Crippen LogP contribution in [0.15, 0.2) is 0 Å². The third-order valence-corrected chi connectivity index (χ3v) is 4.48. The quantitative estimate of drug-likeness (QED) is 0.370. The summed E-state index contributed by atoms with van der Waals surface area (Å²) >= 11 is 0. The van der Waals surface area contributed by atoms with Gasteiger partial charge in [-0.3, -0.25) is 14.4 Å². The number of ether oxygens (including phenoxy) is 2. The van der Waals surface area contributed by atoms with Gasteiger partial charge in [-0.15, -0.1) is 9.05 Å². The summed E-state index contributed by atoms with van der Waals surface area (Å²) in [6.07, 6.45) is -1.06. The monoisotopic (exact) mass is 368 g/mol. The predicted octanol–water partition coefficient (Wildman–Crippen LogP) is 0.314. The Morgan fingerprint density at radius 3 is 2.62 bits per heavy atom. The van der Waals surface area contributed by atoms with Gasteiger partial charge in [-0.1, -0.05) is 13.8 Å². The summed E-state index contributed by atoms with van der Waals surface area (Å²) < 4.78 is 24.5. The van der Waals surface area contributed by atoms with Crippen LogP contribution in [0.1, 0.15) is 27.2 Å². The Kier molecular flexibility index (Phi) is 7.50. The van der Waals surface area contributed by atoms with E-state index in [1.807, 2.05) is 0 Å². The third kappa shape index (κ3) is 6.29. The molecule has 0 aromatic rings. The third-order valence-electron chi connectivity index (χ3n) is 3.12. The lowest BCUT2D eigenvalue weighted by molar-refractivity contribution is -0.156. The Labute approximate surface area is 140 Å². The Hall–Kier alpha value is -1.32. The molecule has 1 unspecified atom stereocenters. The highest BCUT2D eigenvalue weighted by atomic mass is 31.2. The molecule has 2 atom stereocenters. The molecule has 0 aliphatic carbocycles. The highest BCUT2D eigenvalue weighted by Gasteiger charge is 2.59. The van der Waals surface area contributed by atoms with E-state index in [1.54, 1.807) is 13.8 Å². The topological polar surface area (TPSA) is 130 Å². The summed E-state index contributed by atoms with van der Waals surface area (Å²) in [5, 5.41) is 2.53. The molecule has 1 amide bonds. The Balaban J connectivity index is 2.62. The highest BCUT2D eigenvalue weighted by Crippen LogP contribution is 2.63. The minimum Gasteiger partial charge on any atom is -0.469 e. The molecule has 1 rings (SSSR count). The van der Waals surface area contributed by atoms with Crippen molar-refractivity contribution in [2.24, 2.45) is 5.41 Å². The van der Waals surface area contributed by atoms with Gasteiger partial charge in [-0.2, -0.15) is 9.42 Å². The molecule has 0 radical (unpaired) electrons. The molecular formula is C13H23NO9P+. The Morgan fingerprint density at radius 2 is 2.04 bits per heavy atom. The maximum atomic E-state index is 12.3. The fourth-order valence-electron chi connectivity index (χ4n) is 1.76. The van der Waals surface area contributed by atoms with Crippen molar-refractivity contribution < 1.29 is 42.3 Å². The number of nitrogens with one attached hydrogen (secondary N) is 1. The lowest BCUT2D eigenvalue weighted by atomic mass is 9.87. The Bertz CT molecular complexity index is 484. The molecule has 0 aromatic heterocycles. The van der Waals surface area contributed by atoms with Crippen molar-refractivity contribution in [3.05, 3.63) is 0 Å². The summed E-state index contributed by atoms with van der Waals surface area (Å²) in [5.41, 5.74) is -0.744. The van der Waals surface area contributed by atoms with Crippen LogP contribution in [0.3, 0.4) is 0 Å². The van der Waals surface area contributed by atoms with E-state index in [0.717, 1.165) is 0 Å².